The van der Waals surface area contributed by atoms with Crippen LogP contribution in [0, 0.1) is 0 Å². The minimum Gasteiger partial charge on any atom is -0.443 e. The van der Waals surface area contributed by atoms with Gasteiger partial charge in [0.1, 0.15) is 12.2 Å². The first-order chi connectivity index (χ1) is 10.8. The summed E-state index contributed by atoms with van der Waals surface area (Å²) in [6, 6.07) is 9.35. The second kappa shape index (κ2) is 6.73. The summed E-state index contributed by atoms with van der Waals surface area (Å²) in [5, 5.41) is 2.37. The number of amides is 2. The van der Waals surface area contributed by atoms with Crippen LogP contribution in [0.1, 0.15) is 32.8 Å². The molecule has 1 aliphatic rings. The molecule has 0 radical (unpaired) electrons. The van der Waals surface area contributed by atoms with Gasteiger partial charge >= 0.3 is 12.2 Å². The molecule has 124 valence electrons. The summed E-state index contributed by atoms with van der Waals surface area (Å²) in [6.07, 6.45) is -0.727. The van der Waals surface area contributed by atoms with Crippen molar-refractivity contribution in [3.63, 3.8) is 0 Å². The van der Waals surface area contributed by atoms with E-state index in [1.807, 2.05) is 30.3 Å². The molecule has 23 heavy (non-hydrogen) atoms. The number of hydrogen-bond donors (Lipinski definition) is 0. The molecule has 0 aliphatic carbocycles. The molecule has 1 saturated heterocycles. The Hall–Kier alpha value is -2.50. The van der Waals surface area contributed by atoms with Crippen molar-refractivity contribution in [1.29, 1.82) is 0 Å². The Balaban J connectivity index is 2.00. The average Bonchev–Trinajstić information content (AvgIpc) is 2.86. The normalized spacial score (nSPS) is 14.8. The predicted octanol–water partition coefficient (Wildman–Crippen LogP) is 3.69. The lowest BCUT2D eigenvalue weighted by Crippen LogP contribution is -2.46. The first kappa shape index (κ1) is 16.9. The maximum absolute atomic E-state index is 12.3. The number of hydrogen-bond acceptors (Lipinski definition) is 4. The molecule has 0 unspecified atom stereocenters. The van der Waals surface area contributed by atoms with Crippen LogP contribution in [-0.4, -0.2) is 34.4 Å². The van der Waals surface area contributed by atoms with Gasteiger partial charge in [-0.15, -0.1) is 0 Å². The van der Waals surface area contributed by atoms with Crippen LogP contribution in [0.2, 0.25) is 0 Å². The number of carbonyl (C=O) groups excluding carboxylic acids is 2. The van der Waals surface area contributed by atoms with Gasteiger partial charge in [0.05, 0.1) is 6.54 Å². The van der Waals surface area contributed by atoms with Gasteiger partial charge in [-0.2, -0.15) is 5.01 Å². The smallest absolute Gasteiger partial charge is 0.433 e. The molecule has 0 aromatic heterocycles. The first-order valence-corrected chi connectivity index (χ1v) is 7.47. The molecule has 0 spiro atoms. The van der Waals surface area contributed by atoms with Gasteiger partial charge in [0.25, 0.3) is 0 Å². The second-order valence-corrected chi connectivity index (χ2v) is 6.27. The summed E-state index contributed by atoms with van der Waals surface area (Å²) < 4.78 is 10.6. The SMILES string of the molecule is C=C1CCN(C(=O)OCc2ccccc2)N1C(=O)OC(C)(C)C. The van der Waals surface area contributed by atoms with Crippen LogP contribution >= 0.6 is 0 Å². The van der Waals surface area contributed by atoms with Crippen LogP contribution < -0.4 is 0 Å². The fraction of sp³-hybridized carbons (Fsp3) is 0.412. The van der Waals surface area contributed by atoms with E-state index in [9.17, 15) is 9.59 Å². The van der Waals surface area contributed by atoms with Gasteiger partial charge in [0, 0.05) is 12.1 Å². The van der Waals surface area contributed by atoms with Gasteiger partial charge in [-0.1, -0.05) is 36.9 Å². The molecule has 0 saturated carbocycles. The molecular formula is C17H22N2O4. The molecule has 2 amide bonds. The van der Waals surface area contributed by atoms with Crippen molar-refractivity contribution in [3.8, 4) is 0 Å². The number of hydrazine groups is 1. The summed E-state index contributed by atoms with van der Waals surface area (Å²) in [5.41, 5.74) is 0.734. The monoisotopic (exact) mass is 318 g/mol. The Kier molecular flexibility index (Phi) is 4.93. The molecule has 1 fully saturated rings. The highest BCUT2D eigenvalue weighted by Gasteiger charge is 2.37. The molecule has 2 rings (SSSR count). The van der Waals surface area contributed by atoms with Crippen LogP contribution in [-0.2, 0) is 16.1 Å². The molecule has 1 aliphatic heterocycles. The van der Waals surface area contributed by atoms with Crippen molar-refractivity contribution < 1.29 is 19.1 Å². The summed E-state index contributed by atoms with van der Waals surface area (Å²) >= 11 is 0. The molecule has 1 heterocycles. The lowest BCUT2D eigenvalue weighted by molar-refractivity contribution is -0.0176. The van der Waals surface area contributed by atoms with Crippen molar-refractivity contribution in [3.05, 3.63) is 48.2 Å². The highest BCUT2D eigenvalue weighted by molar-refractivity contribution is 5.77. The number of nitrogens with zero attached hydrogens (tertiary/aromatic N) is 2. The molecule has 0 bridgehead atoms. The van der Waals surface area contributed by atoms with E-state index in [1.165, 1.54) is 5.01 Å². The Labute approximate surface area is 136 Å². The van der Waals surface area contributed by atoms with Crippen LogP contribution in [0.15, 0.2) is 42.6 Å². The lowest BCUT2D eigenvalue weighted by Gasteiger charge is -2.30. The zero-order valence-corrected chi connectivity index (χ0v) is 13.7. The van der Waals surface area contributed by atoms with E-state index in [-0.39, 0.29) is 6.61 Å². The van der Waals surface area contributed by atoms with Gasteiger partial charge in [-0.3, -0.25) is 0 Å². The van der Waals surface area contributed by atoms with Crippen LogP contribution in [0.3, 0.4) is 0 Å². The third-order valence-corrected chi connectivity index (χ3v) is 3.14. The molecule has 0 atom stereocenters. The highest BCUT2D eigenvalue weighted by atomic mass is 16.6. The average molecular weight is 318 g/mol. The largest absolute Gasteiger partial charge is 0.443 e. The number of benzene rings is 1. The number of rotatable bonds is 2. The van der Waals surface area contributed by atoms with Crippen molar-refractivity contribution in [2.24, 2.45) is 0 Å². The summed E-state index contributed by atoms with van der Waals surface area (Å²) in [6.45, 7) is 9.59. The molecule has 0 N–H and O–H groups in total. The quantitative estimate of drug-likeness (QED) is 0.834. The zero-order valence-electron chi connectivity index (χ0n) is 13.7. The van der Waals surface area contributed by atoms with E-state index < -0.39 is 17.8 Å². The molecule has 6 nitrogen and oxygen atoms in total. The highest BCUT2D eigenvalue weighted by Crippen LogP contribution is 2.24. The third kappa shape index (κ3) is 4.48. The summed E-state index contributed by atoms with van der Waals surface area (Å²) in [7, 11) is 0. The Bertz CT molecular complexity index is 592. The van der Waals surface area contributed by atoms with Crippen molar-refractivity contribution in [2.45, 2.75) is 39.4 Å². The van der Waals surface area contributed by atoms with Gasteiger partial charge in [0.15, 0.2) is 0 Å². The Morgan fingerprint density at radius 3 is 2.43 bits per heavy atom. The second-order valence-electron chi connectivity index (χ2n) is 6.27. The Morgan fingerprint density at radius 2 is 1.83 bits per heavy atom. The molecule has 1 aromatic rings. The van der Waals surface area contributed by atoms with Crippen molar-refractivity contribution in [1.82, 2.24) is 10.0 Å². The lowest BCUT2D eigenvalue weighted by atomic mass is 10.2. The number of ether oxygens (including phenoxy) is 2. The summed E-state index contributed by atoms with van der Waals surface area (Å²) in [5.74, 6) is 0. The van der Waals surface area contributed by atoms with Gasteiger partial charge < -0.3 is 9.47 Å². The standard InChI is InChI=1S/C17H22N2O4/c1-13-10-11-18(19(13)16(21)23-17(2,3)4)15(20)22-12-14-8-6-5-7-9-14/h5-9H,1,10-12H2,2-4H3. The maximum atomic E-state index is 12.3. The molecule has 6 heteroatoms. The van der Waals surface area contributed by atoms with E-state index >= 15 is 0 Å². The van der Waals surface area contributed by atoms with Crippen molar-refractivity contribution >= 4 is 12.2 Å². The van der Waals surface area contributed by atoms with Gasteiger partial charge in [0.2, 0.25) is 0 Å². The van der Waals surface area contributed by atoms with E-state index in [0.29, 0.717) is 18.7 Å². The molecule has 1 aromatic carbocycles. The van der Waals surface area contributed by atoms with E-state index in [1.54, 1.807) is 20.8 Å². The topological polar surface area (TPSA) is 59.1 Å². The van der Waals surface area contributed by atoms with Crippen LogP contribution in [0.4, 0.5) is 9.59 Å². The van der Waals surface area contributed by atoms with E-state index in [0.717, 1.165) is 10.6 Å². The Morgan fingerprint density at radius 1 is 1.17 bits per heavy atom. The fourth-order valence-electron chi connectivity index (χ4n) is 2.11. The molecular weight excluding hydrogens is 296 g/mol. The third-order valence-electron chi connectivity index (χ3n) is 3.14. The summed E-state index contributed by atoms with van der Waals surface area (Å²) in [4.78, 5) is 24.5. The number of carbonyl (C=O) groups is 2. The zero-order chi connectivity index (χ0) is 17.0. The first-order valence-electron chi connectivity index (χ1n) is 7.47. The van der Waals surface area contributed by atoms with Crippen LogP contribution in [0.25, 0.3) is 0 Å². The fourth-order valence-corrected chi connectivity index (χ4v) is 2.11. The minimum absolute atomic E-state index is 0.144. The van der Waals surface area contributed by atoms with Gasteiger partial charge in [-0.05, 0) is 26.3 Å². The predicted molar refractivity (Wildman–Crippen MR) is 85.2 cm³/mol. The van der Waals surface area contributed by atoms with E-state index in [2.05, 4.69) is 6.58 Å². The minimum atomic E-state index is -0.653. The van der Waals surface area contributed by atoms with Gasteiger partial charge in [-0.25, -0.2) is 14.6 Å². The van der Waals surface area contributed by atoms with E-state index in [4.69, 9.17) is 9.47 Å². The maximum Gasteiger partial charge on any atom is 0.433 e. The van der Waals surface area contributed by atoms with Crippen molar-refractivity contribution in [2.75, 3.05) is 6.54 Å². The van der Waals surface area contributed by atoms with Crippen LogP contribution in [0.5, 0.6) is 0 Å².